The van der Waals surface area contributed by atoms with Gasteiger partial charge in [-0.15, -0.1) is 0 Å². The van der Waals surface area contributed by atoms with Crippen LogP contribution in [0.5, 0.6) is 0 Å². The maximum atomic E-state index is 6.00. The highest BCUT2D eigenvalue weighted by atomic mass is 15.1. The van der Waals surface area contributed by atoms with Crippen LogP contribution in [0.4, 0.5) is 5.82 Å². The summed E-state index contributed by atoms with van der Waals surface area (Å²) in [5.41, 5.74) is 9.49. The van der Waals surface area contributed by atoms with Crippen LogP contribution in [-0.2, 0) is 0 Å². The Hall–Kier alpha value is -1.58. The van der Waals surface area contributed by atoms with E-state index in [-0.39, 0.29) is 0 Å². The lowest BCUT2D eigenvalue weighted by Crippen LogP contribution is -2.23. The van der Waals surface area contributed by atoms with Crippen molar-refractivity contribution >= 4 is 16.9 Å². The number of hydrogen-bond acceptors (Lipinski definition) is 3. The number of aryl methyl sites for hydroxylation is 1. The first-order valence-corrected chi connectivity index (χ1v) is 6.68. The molecule has 4 heteroatoms. The van der Waals surface area contributed by atoms with E-state index in [4.69, 9.17) is 5.73 Å². The van der Waals surface area contributed by atoms with E-state index >= 15 is 0 Å². The lowest BCUT2D eigenvalue weighted by Gasteiger charge is -2.33. The highest BCUT2D eigenvalue weighted by molar-refractivity contribution is 5.90. The average molecular weight is 244 g/mol. The molecule has 0 radical (unpaired) electrons. The molecule has 2 heterocycles. The normalized spacial score (nSPS) is 17.9. The molecular weight excluding hydrogens is 224 g/mol. The molecule has 1 atom stereocenters. The summed E-state index contributed by atoms with van der Waals surface area (Å²) >= 11 is 0. The van der Waals surface area contributed by atoms with Crippen molar-refractivity contribution in [2.75, 3.05) is 5.73 Å². The molecule has 96 valence electrons. The van der Waals surface area contributed by atoms with Crippen LogP contribution in [0.25, 0.3) is 11.0 Å². The summed E-state index contributed by atoms with van der Waals surface area (Å²) in [5, 5.41) is 1.03. The van der Waals surface area contributed by atoms with Crippen LogP contribution >= 0.6 is 0 Å². The van der Waals surface area contributed by atoms with Crippen LogP contribution < -0.4 is 5.73 Å². The molecule has 2 aromatic heterocycles. The number of hydrogen-bond donors (Lipinski definition) is 1. The average Bonchev–Trinajstić information content (AvgIpc) is 2.50. The number of nitrogens with zero attached hydrogens (tertiary/aromatic N) is 3. The SMILES string of the molecule is Cc1c(C)n(C(C)C2CCC2)c2ncnc(N)c12. The molecule has 0 spiro atoms. The van der Waals surface area contributed by atoms with E-state index < -0.39 is 0 Å². The highest BCUT2D eigenvalue weighted by Gasteiger charge is 2.28. The highest BCUT2D eigenvalue weighted by Crippen LogP contribution is 2.39. The fraction of sp³-hybridized carbons (Fsp3) is 0.571. The van der Waals surface area contributed by atoms with Crippen molar-refractivity contribution in [2.24, 2.45) is 5.92 Å². The third kappa shape index (κ3) is 1.44. The molecule has 0 amide bonds. The minimum atomic E-state index is 0.504. The third-order valence-electron chi connectivity index (χ3n) is 4.60. The number of nitrogen functional groups attached to an aromatic ring is 1. The summed E-state index contributed by atoms with van der Waals surface area (Å²) < 4.78 is 2.35. The maximum Gasteiger partial charge on any atom is 0.146 e. The number of anilines is 1. The van der Waals surface area contributed by atoms with Crippen molar-refractivity contribution in [3.05, 3.63) is 17.6 Å². The van der Waals surface area contributed by atoms with E-state index in [1.54, 1.807) is 6.33 Å². The molecule has 4 nitrogen and oxygen atoms in total. The Labute approximate surface area is 107 Å². The zero-order valence-electron chi connectivity index (χ0n) is 11.3. The summed E-state index contributed by atoms with van der Waals surface area (Å²) in [5.74, 6) is 1.38. The van der Waals surface area contributed by atoms with Gasteiger partial charge in [-0.3, -0.25) is 0 Å². The van der Waals surface area contributed by atoms with Gasteiger partial charge in [-0.25, -0.2) is 9.97 Å². The zero-order valence-corrected chi connectivity index (χ0v) is 11.3. The molecule has 2 aromatic rings. The molecule has 0 saturated heterocycles. The van der Waals surface area contributed by atoms with Crippen LogP contribution in [-0.4, -0.2) is 14.5 Å². The van der Waals surface area contributed by atoms with Gasteiger partial charge < -0.3 is 10.3 Å². The van der Waals surface area contributed by atoms with E-state index in [9.17, 15) is 0 Å². The van der Waals surface area contributed by atoms with Gasteiger partial charge in [0.05, 0.1) is 5.39 Å². The first-order chi connectivity index (χ1) is 8.61. The van der Waals surface area contributed by atoms with Gasteiger partial charge in [-0.2, -0.15) is 0 Å². The van der Waals surface area contributed by atoms with Gasteiger partial charge in [0, 0.05) is 11.7 Å². The smallest absolute Gasteiger partial charge is 0.146 e. The van der Waals surface area contributed by atoms with Crippen molar-refractivity contribution in [1.29, 1.82) is 0 Å². The van der Waals surface area contributed by atoms with Crippen LogP contribution in [0, 0.1) is 19.8 Å². The van der Waals surface area contributed by atoms with E-state index in [0.717, 1.165) is 17.0 Å². The summed E-state index contributed by atoms with van der Waals surface area (Å²) in [6, 6.07) is 0.504. The quantitative estimate of drug-likeness (QED) is 0.883. The number of nitrogens with two attached hydrogens (primary N) is 1. The molecule has 0 aliphatic heterocycles. The predicted octanol–water partition coefficient (Wildman–Crippen LogP) is 2.99. The van der Waals surface area contributed by atoms with E-state index in [2.05, 4.69) is 35.3 Å². The van der Waals surface area contributed by atoms with Crippen molar-refractivity contribution < 1.29 is 0 Å². The maximum absolute atomic E-state index is 6.00. The predicted molar refractivity (Wildman–Crippen MR) is 73.5 cm³/mol. The summed E-state index contributed by atoms with van der Waals surface area (Å²) in [4.78, 5) is 8.57. The molecule has 0 bridgehead atoms. The molecule has 1 saturated carbocycles. The second-order valence-electron chi connectivity index (χ2n) is 5.47. The number of aromatic nitrogens is 3. The van der Waals surface area contributed by atoms with Crippen molar-refractivity contribution in [3.63, 3.8) is 0 Å². The van der Waals surface area contributed by atoms with Crippen LogP contribution in [0.15, 0.2) is 6.33 Å². The Morgan fingerprint density at radius 1 is 1.33 bits per heavy atom. The Morgan fingerprint density at radius 3 is 2.67 bits per heavy atom. The number of rotatable bonds is 2. The summed E-state index contributed by atoms with van der Waals surface area (Å²) in [7, 11) is 0. The van der Waals surface area contributed by atoms with E-state index in [1.165, 1.54) is 30.5 Å². The standard InChI is InChI=1S/C14H20N4/c1-8-9(2)18(10(3)11-5-4-6-11)14-12(8)13(15)16-7-17-14/h7,10-11H,4-6H2,1-3H3,(H2,15,16,17). The lowest BCUT2D eigenvalue weighted by molar-refractivity contribution is 0.224. The van der Waals surface area contributed by atoms with Gasteiger partial charge in [0.15, 0.2) is 0 Å². The molecule has 1 aliphatic rings. The van der Waals surface area contributed by atoms with Gasteiger partial charge >= 0.3 is 0 Å². The van der Waals surface area contributed by atoms with Gasteiger partial charge in [0.25, 0.3) is 0 Å². The van der Waals surface area contributed by atoms with Crippen LogP contribution in [0.1, 0.15) is 43.5 Å². The monoisotopic (exact) mass is 244 g/mol. The molecule has 3 rings (SSSR count). The molecule has 1 fully saturated rings. The Balaban J connectivity index is 2.22. The largest absolute Gasteiger partial charge is 0.383 e. The van der Waals surface area contributed by atoms with Gasteiger partial charge in [-0.1, -0.05) is 6.42 Å². The van der Waals surface area contributed by atoms with Gasteiger partial charge in [-0.05, 0) is 45.1 Å². The molecular formula is C14H20N4. The topological polar surface area (TPSA) is 56.7 Å². The Bertz CT molecular complexity index is 595. The summed E-state index contributed by atoms with van der Waals surface area (Å²) in [6.45, 7) is 6.57. The Kier molecular flexibility index (Phi) is 2.54. The molecule has 2 N–H and O–H groups in total. The molecule has 1 aliphatic carbocycles. The fourth-order valence-corrected chi connectivity index (χ4v) is 3.08. The first kappa shape index (κ1) is 11.5. The second kappa shape index (κ2) is 3.97. The second-order valence-corrected chi connectivity index (χ2v) is 5.47. The van der Waals surface area contributed by atoms with Crippen LogP contribution in [0.2, 0.25) is 0 Å². The van der Waals surface area contributed by atoms with E-state index in [0.29, 0.717) is 11.9 Å². The van der Waals surface area contributed by atoms with Crippen LogP contribution in [0.3, 0.4) is 0 Å². The summed E-state index contributed by atoms with van der Waals surface area (Å²) in [6.07, 6.45) is 5.60. The van der Waals surface area contributed by atoms with Gasteiger partial charge in [0.1, 0.15) is 17.8 Å². The minimum absolute atomic E-state index is 0.504. The fourth-order valence-electron chi connectivity index (χ4n) is 3.08. The molecule has 18 heavy (non-hydrogen) atoms. The van der Waals surface area contributed by atoms with Crippen molar-refractivity contribution in [3.8, 4) is 0 Å². The van der Waals surface area contributed by atoms with Gasteiger partial charge in [0.2, 0.25) is 0 Å². The first-order valence-electron chi connectivity index (χ1n) is 6.68. The third-order valence-corrected chi connectivity index (χ3v) is 4.60. The molecule has 1 unspecified atom stereocenters. The zero-order chi connectivity index (χ0) is 12.9. The minimum Gasteiger partial charge on any atom is -0.383 e. The number of fused-ring (bicyclic) bond motifs is 1. The van der Waals surface area contributed by atoms with E-state index in [1.807, 2.05) is 0 Å². The van der Waals surface area contributed by atoms with Crippen molar-refractivity contribution in [1.82, 2.24) is 14.5 Å². The Morgan fingerprint density at radius 2 is 2.06 bits per heavy atom. The van der Waals surface area contributed by atoms with Crippen molar-refractivity contribution in [2.45, 2.75) is 46.1 Å². The molecule has 0 aromatic carbocycles. The lowest BCUT2D eigenvalue weighted by atomic mass is 9.80.